The number of nitrogens with zero attached hydrogens (tertiary/aromatic N) is 2. The van der Waals surface area contributed by atoms with Crippen molar-refractivity contribution >= 4 is 78.4 Å². The molecular formula is C24H30Cl4N4O8S2. The van der Waals surface area contributed by atoms with Gasteiger partial charge in [0.2, 0.25) is 20.0 Å². The summed E-state index contributed by atoms with van der Waals surface area (Å²) in [5.41, 5.74) is 9.98. The zero-order valence-electron chi connectivity index (χ0n) is 23.4. The summed E-state index contributed by atoms with van der Waals surface area (Å²) < 4.78 is 65.1. The van der Waals surface area contributed by atoms with Crippen LogP contribution in [0.15, 0.2) is 34.1 Å². The molecule has 0 aromatic heterocycles. The summed E-state index contributed by atoms with van der Waals surface area (Å²) in [5, 5.41) is -1.09. The van der Waals surface area contributed by atoms with Crippen molar-refractivity contribution in [2.45, 2.75) is 48.6 Å². The van der Waals surface area contributed by atoms with Crippen molar-refractivity contribution in [1.29, 1.82) is 0 Å². The van der Waals surface area contributed by atoms with Crippen LogP contribution in [-0.2, 0) is 29.6 Å². The van der Waals surface area contributed by atoms with E-state index in [9.17, 15) is 26.4 Å². The maximum absolute atomic E-state index is 13.3. The monoisotopic (exact) mass is 706 g/mol. The number of carbonyl (C=O) groups is 2. The molecule has 12 nitrogen and oxygen atoms in total. The summed E-state index contributed by atoms with van der Waals surface area (Å²) in [6, 6.07) is 4.09. The highest BCUT2D eigenvalue weighted by Crippen LogP contribution is 2.39. The molecule has 2 rings (SSSR count). The van der Waals surface area contributed by atoms with Crippen LogP contribution in [0.4, 0.5) is 0 Å². The maximum Gasteiger partial charge on any atom is 0.423 e. The van der Waals surface area contributed by atoms with Gasteiger partial charge in [-0.2, -0.15) is 8.61 Å². The molecule has 0 heterocycles. The molecule has 0 saturated carbocycles. The standard InChI is InChI=1S/C24H30Cl4N4O8S2/c1-23(2,29)11-31(5)41(35,36)17-9-13(25)7-15(27)19(17)39-21(33)22(34)40-20-16(28)8-14(26)10-18(20)42(37,38)32(6)12-24(3,4)30/h7-10H,11-12,29-30H2,1-6H3. The van der Waals surface area contributed by atoms with Crippen molar-refractivity contribution in [1.82, 2.24) is 8.61 Å². The van der Waals surface area contributed by atoms with E-state index in [2.05, 4.69) is 0 Å². The third-order valence-corrected chi connectivity index (χ3v) is 9.76. The minimum Gasteiger partial charge on any atom is -0.415 e. The predicted octanol–water partition coefficient (Wildman–Crippen LogP) is 3.53. The Morgan fingerprint density at radius 3 is 1.24 bits per heavy atom. The number of benzene rings is 2. The minimum absolute atomic E-state index is 0.117. The summed E-state index contributed by atoms with van der Waals surface area (Å²) >= 11 is 24.3. The lowest BCUT2D eigenvalue weighted by molar-refractivity contribution is -0.156. The smallest absolute Gasteiger partial charge is 0.415 e. The number of sulfonamides is 2. The number of ether oxygens (including phenoxy) is 2. The molecule has 0 aliphatic rings. The lowest BCUT2D eigenvalue weighted by Gasteiger charge is -2.27. The van der Waals surface area contributed by atoms with Gasteiger partial charge in [-0.05, 0) is 52.0 Å². The summed E-state index contributed by atoms with van der Waals surface area (Å²) in [5.74, 6) is -4.99. The highest BCUT2D eigenvalue weighted by atomic mass is 35.5. The SMILES string of the molecule is CN(CC(C)(C)N)S(=O)(=O)c1cc(Cl)cc(Cl)c1OC(=O)C(=O)Oc1c(Cl)cc(Cl)cc1S(=O)(=O)N(C)CC(C)(C)N. The Morgan fingerprint density at radius 1 is 0.690 bits per heavy atom. The van der Waals surface area contributed by atoms with E-state index < -0.39 is 74.4 Å². The van der Waals surface area contributed by atoms with E-state index in [0.717, 1.165) is 32.9 Å². The van der Waals surface area contributed by atoms with Crippen LogP contribution in [0.25, 0.3) is 0 Å². The van der Waals surface area contributed by atoms with Crippen LogP contribution in [0.3, 0.4) is 0 Å². The van der Waals surface area contributed by atoms with E-state index in [1.165, 1.54) is 14.1 Å². The quantitative estimate of drug-likeness (QED) is 0.211. The van der Waals surface area contributed by atoms with Crippen LogP contribution in [-0.4, -0.2) is 75.6 Å². The Hall–Kier alpha value is -1.72. The average molecular weight is 708 g/mol. The molecule has 18 heteroatoms. The van der Waals surface area contributed by atoms with Crippen LogP contribution in [0.2, 0.25) is 20.1 Å². The van der Waals surface area contributed by atoms with E-state index in [-0.39, 0.29) is 23.1 Å². The molecule has 0 aliphatic carbocycles. The highest BCUT2D eigenvalue weighted by molar-refractivity contribution is 7.89. The van der Waals surface area contributed by atoms with Gasteiger partial charge < -0.3 is 20.9 Å². The van der Waals surface area contributed by atoms with Crippen LogP contribution < -0.4 is 20.9 Å². The maximum atomic E-state index is 13.3. The largest absolute Gasteiger partial charge is 0.423 e. The number of hydrogen-bond acceptors (Lipinski definition) is 10. The zero-order chi connectivity index (χ0) is 32.6. The van der Waals surface area contributed by atoms with Crippen molar-refractivity contribution in [3.63, 3.8) is 0 Å². The Balaban J connectivity index is 2.51. The normalized spacial score (nSPS) is 13.0. The van der Waals surface area contributed by atoms with Gasteiger partial charge in [0.1, 0.15) is 9.79 Å². The van der Waals surface area contributed by atoms with Gasteiger partial charge >= 0.3 is 11.9 Å². The van der Waals surface area contributed by atoms with Crippen LogP contribution in [0.5, 0.6) is 11.5 Å². The first-order valence-electron chi connectivity index (χ1n) is 11.8. The van der Waals surface area contributed by atoms with Gasteiger partial charge in [-0.15, -0.1) is 0 Å². The molecule has 234 valence electrons. The van der Waals surface area contributed by atoms with E-state index in [1.807, 2.05) is 0 Å². The summed E-state index contributed by atoms with van der Waals surface area (Å²) in [6.45, 7) is 6.05. The van der Waals surface area contributed by atoms with Gasteiger partial charge in [-0.25, -0.2) is 26.4 Å². The van der Waals surface area contributed by atoms with Gasteiger partial charge in [-0.3, -0.25) is 0 Å². The molecule has 2 aromatic rings. The molecule has 0 fully saturated rings. The molecule has 0 atom stereocenters. The lowest BCUT2D eigenvalue weighted by atomic mass is 10.1. The number of nitrogens with two attached hydrogens (primary N) is 2. The van der Waals surface area contributed by atoms with Gasteiger partial charge in [0.05, 0.1) is 10.0 Å². The number of halogens is 4. The first-order valence-corrected chi connectivity index (χ1v) is 16.2. The van der Waals surface area contributed by atoms with Crippen LogP contribution in [0, 0.1) is 0 Å². The first-order chi connectivity index (χ1) is 18.9. The number of carbonyl (C=O) groups excluding carboxylic acids is 2. The molecule has 0 radical (unpaired) electrons. The predicted molar refractivity (Wildman–Crippen MR) is 160 cm³/mol. The van der Waals surface area contributed by atoms with Gasteiger partial charge in [0.15, 0.2) is 11.5 Å². The van der Waals surface area contributed by atoms with Crippen molar-refractivity contribution in [2.75, 3.05) is 27.2 Å². The first kappa shape index (κ1) is 36.5. The molecule has 0 saturated heterocycles. The molecule has 0 bridgehead atoms. The third-order valence-electron chi connectivity index (χ3n) is 5.14. The van der Waals surface area contributed by atoms with Gasteiger partial charge in [-0.1, -0.05) is 46.4 Å². The minimum atomic E-state index is -4.42. The van der Waals surface area contributed by atoms with Crippen LogP contribution in [0.1, 0.15) is 27.7 Å². The lowest BCUT2D eigenvalue weighted by Crippen LogP contribution is -2.46. The van der Waals surface area contributed by atoms with Gasteiger partial charge in [0.25, 0.3) is 0 Å². The average Bonchev–Trinajstić information content (AvgIpc) is 2.79. The Bertz CT molecular complexity index is 1490. The Labute approximate surface area is 264 Å². The zero-order valence-corrected chi connectivity index (χ0v) is 28.0. The Kier molecular flexibility index (Phi) is 11.4. The fourth-order valence-electron chi connectivity index (χ4n) is 3.58. The molecule has 0 spiro atoms. The molecular weight excluding hydrogens is 678 g/mol. The number of likely N-dealkylation sites (N-methyl/N-ethyl adjacent to an activating group) is 2. The second-order valence-corrected chi connectivity index (χ2v) is 16.4. The Morgan fingerprint density at radius 2 is 0.976 bits per heavy atom. The second kappa shape index (κ2) is 13.1. The van der Waals surface area contributed by atoms with Crippen molar-refractivity contribution in [3.05, 3.63) is 44.4 Å². The molecule has 4 N–H and O–H groups in total. The number of hydrogen-bond donors (Lipinski definition) is 2. The molecule has 0 unspecified atom stereocenters. The van der Waals surface area contributed by atoms with Crippen molar-refractivity contribution in [2.24, 2.45) is 11.5 Å². The van der Waals surface area contributed by atoms with E-state index in [4.69, 9.17) is 67.3 Å². The topological polar surface area (TPSA) is 179 Å². The fraction of sp³-hybridized carbons (Fsp3) is 0.417. The summed E-state index contributed by atoms with van der Waals surface area (Å²) in [6.07, 6.45) is 0. The van der Waals surface area contributed by atoms with E-state index >= 15 is 0 Å². The highest BCUT2D eigenvalue weighted by Gasteiger charge is 2.35. The van der Waals surface area contributed by atoms with Gasteiger partial charge in [0, 0.05) is 48.3 Å². The third kappa shape index (κ3) is 9.14. The molecule has 0 aliphatic heterocycles. The van der Waals surface area contributed by atoms with E-state index in [0.29, 0.717) is 0 Å². The van der Waals surface area contributed by atoms with Crippen molar-refractivity contribution < 1.29 is 35.9 Å². The van der Waals surface area contributed by atoms with Crippen LogP contribution >= 0.6 is 46.4 Å². The molecule has 42 heavy (non-hydrogen) atoms. The fourth-order valence-corrected chi connectivity index (χ4v) is 7.88. The summed E-state index contributed by atoms with van der Waals surface area (Å²) in [7, 11) is -6.38. The number of esters is 2. The number of rotatable bonds is 10. The second-order valence-electron chi connectivity index (χ2n) is 10.7. The summed E-state index contributed by atoms with van der Waals surface area (Å²) in [4.78, 5) is 24.4. The van der Waals surface area contributed by atoms with Crippen molar-refractivity contribution in [3.8, 4) is 11.5 Å². The molecule has 0 amide bonds. The van der Waals surface area contributed by atoms with E-state index in [1.54, 1.807) is 27.7 Å². The molecule has 2 aromatic carbocycles.